The number of halogens is 1. The molecule has 0 aliphatic carbocycles. The van der Waals surface area contributed by atoms with E-state index in [1.165, 1.54) is 24.1 Å². The van der Waals surface area contributed by atoms with Gasteiger partial charge in [-0.2, -0.15) is 0 Å². The van der Waals surface area contributed by atoms with Crippen LogP contribution in [-0.2, 0) is 23.9 Å². The number of nitrogens with one attached hydrogen (secondary N) is 3. The fraction of sp³-hybridized carbons (Fsp3) is 0.386. The van der Waals surface area contributed by atoms with Crippen molar-refractivity contribution in [1.29, 1.82) is 0 Å². The second-order valence-corrected chi connectivity index (χ2v) is 15.5. The van der Waals surface area contributed by atoms with Crippen LogP contribution in [0.3, 0.4) is 0 Å². The third-order valence-electron chi connectivity index (χ3n) is 10.9. The Hall–Kier alpha value is -6.02. The minimum absolute atomic E-state index is 0.0451. The molecule has 13 nitrogen and oxygen atoms in total. The number of carbonyl (C=O) groups is 5. The number of hydrogen-bond donors (Lipinski definition) is 4. The molecule has 3 aromatic carbocycles. The predicted octanol–water partition coefficient (Wildman–Crippen LogP) is 6.64. The quantitative estimate of drug-likeness (QED) is 0.123. The van der Waals surface area contributed by atoms with E-state index in [-0.39, 0.29) is 41.3 Å². The van der Waals surface area contributed by atoms with Crippen LogP contribution in [0.4, 0.5) is 20.6 Å². The van der Waals surface area contributed by atoms with Crippen molar-refractivity contribution in [3.8, 4) is 33.6 Å². The van der Waals surface area contributed by atoms with Gasteiger partial charge in [0.25, 0.3) is 0 Å². The van der Waals surface area contributed by atoms with E-state index >= 15 is 0 Å². The number of anilines is 2. The molecule has 3 heterocycles. The van der Waals surface area contributed by atoms with Crippen molar-refractivity contribution in [3.05, 3.63) is 84.9 Å². The van der Waals surface area contributed by atoms with E-state index in [1.807, 2.05) is 52.0 Å². The number of furan rings is 1. The van der Waals surface area contributed by atoms with Crippen molar-refractivity contribution in [2.45, 2.75) is 77.5 Å². The minimum Gasteiger partial charge on any atom is -0.463 e. The maximum absolute atomic E-state index is 14.1. The third kappa shape index (κ3) is 9.07. The van der Waals surface area contributed by atoms with E-state index in [4.69, 9.17) is 14.9 Å². The van der Waals surface area contributed by atoms with Crippen molar-refractivity contribution in [2.75, 3.05) is 30.8 Å². The average Bonchev–Trinajstić information content (AvgIpc) is 4.01. The highest BCUT2D eigenvalue weighted by molar-refractivity contribution is 6.00. The Kier molecular flexibility index (Phi) is 13.0. The predicted molar refractivity (Wildman–Crippen MR) is 219 cm³/mol. The SMILES string of the molecule is COC(=O)N[C@H](C(=O)N1CCC[C@H]1C(=O)Nc1ccc(-c2occ(-c3ccc(NC(=O)[C@@H]4CCCN4C(=O)[C@@H](N)C(C)C)cc3)c2-c2ccc(F)cc2)cc1)C(C)C. The van der Waals surface area contributed by atoms with Crippen LogP contribution < -0.4 is 21.7 Å². The summed E-state index contributed by atoms with van der Waals surface area (Å²) in [5.41, 5.74) is 10.9. The van der Waals surface area contributed by atoms with Crippen LogP contribution in [-0.4, -0.2) is 83.9 Å². The molecule has 58 heavy (non-hydrogen) atoms. The first kappa shape index (κ1) is 41.6. The number of methoxy groups -OCH3 is 1. The highest BCUT2D eigenvalue weighted by atomic mass is 19.1. The van der Waals surface area contributed by atoms with Crippen LogP contribution >= 0.6 is 0 Å². The van der Waals surface area contributed by atoms with Crippen LogP contribution in [0.1, 0.15) is 53.4 Å². The molecule has 14 heteroatoms. The lowest BCUT2D eigenvalue weighted by molar-refractivity contribution is -0.139. The number of hydrogen-bond acceptors (Lipinski definition) is 8. The summed E-state index contributed by atoms with van der Waals surface area (Å²) in [6, 6.07) is 17.7. The lowest BCUT2D eigenvalue weighted by Gasteiger charge is -2.30. The Morgan fingerprint density at radius 2 is 1.22 bits per heavy atom. The summed E-state index contributed by atoms with van der Waals surface area (Å²) in [5, 5.41) is 8.48. The van der Waals surface area contributed by atoms with E-state index in [2.05, 4.69) is 16.0 Å². The Balaban J connectivity index is 1.19. The zero-order valence-corrected chi connectivity index (χ0v) is 33.4. The lowest BCUT2D eigenvalue weighted by Crippen LogP contribution is -2.54. The molecule has 2 fully saturated rings. The van der Waals surface area contributed by atoms with Gasteiger partial charge >= 0.3 is 6.09 Å². The van der Waals surface area contributed by atoms with E-state index < -0.39 is 30.3 Å². The molecule has 2 aliphatic rings. The summed E-state index contributed by atoms with van der Waals surface area (Å²) < 4.78 is 25.0. The van der Waals surface area contributed by atoms with Crippen molar-refractivity contribution >= 4 is 41.1 Å². The van der Waals surface area contributed by atoms with Gasteiger partial charge in [0, 0.05) is 41.2 Å². The van der Waals surface area contributed by atoms with Gasteiger partial charge in [-0.3, -0.25) is 19.2 Å². The molecule has 1 aromatic heterocycles. The molecule has 2 aliphatic heterocycles. The molecule has 0 unspecified atom stereocenters. The monoisotopic (exact) mass is 794 g/mol. The van der Waals surface area contributed by atoms with Crippen molar-refractivity contribution < 1.29 is 37.5 Å². The number of rotatable bonds is 12. The lowest BCUT2D eigenvalue weighted by atomic mass is 9.94. The molecular formula is C44H51FN6O7. The van der Waals surface area contributed by atoms with Crippen molar-refractivity contribution in [3.63, 3.8) is 0 Å². The zero-order chi connectivity index (χ0) is 41.7. The van der Waals surface area contributed by atoms with Crippen LogP contribution in [0.2, 0.25) is 0 Å². The molecule has 0 radical (unpaired) electrons. The number of amides is 5. The fourth-order valence-corrected chi connectivity index (χ4v) is 7.54. The van der Waals surface area contributed by atoms with Crippen LogP contribution in [0.5, 0.6) is 0 Å². The summed E-state index contributed by atoms with van der Waals surface area (Å²) in [5.74, 6) is -1.30. The van der Waals surface area contributed by atoms with E-state index in [0.29, 0.717) is 60.6 Å². The van der Waals surface area contributed by atoms with Gasteiger partial charge < -0.3 is 40.6 Å². The standard InChI is InChI=1S/C44H51FN6O7/c1-25(2)37(46)42(54)50-22-6-8-34(50)40(52)47-31-18-12-27(13-19-31)33-24-58-39(36(33)28-10-16-30(45)17-11-28)29-14-20-32(21-15-29)48-41(53)35-9-7-23-51(35)43(55)38(26(3)4)49-44(56)57-5/h10-21,24-26,34-35,37-38H,6-9,22-23,46H2,1-5H3,(H,47,52)(H,48,53)(H,49,56)/t34-,35-,37-,38-/m0/s1. The highest BCUT2D eigenvalue weighted by Gasteiger charge is 2.39. The first-order valence-electron chi connectivity index (χ1n) is 19.7. The number of carbonyl (C=O) groups excluding carboxylic acids is 5. The van der Waals surface area contributed by atoms with Crippen LogP contribution in [0.15, 0.2) is 83.5 Å². The summed E-state index contributed by atoms with van der Waals surface area (Å²) in [6.07, 6.45) is 3.32. The molecule has 0 bridgehead atoms. The van der Waals surface area contributed by atoms with E-state index in [0.717, 1.165) is 23.1 Å². The van der Waals surface area contributed by atoms with Crippen LogP contribution in [0, 0.1) is 17.7 Å². The smallest absolute Gasteiger partial charge is 0.407 e. The first-order valence-corrected chi connectivity index (χ1v) is 19.7. The molecule has 5 amide bonds. The van der Waals surface area contributed by atoms with Crippen molar-refractivity contribution in [2.24, 2.45) is 17.6 Å². The van der Waals surface area contributed by atoms with Crippen LogP contribution in [0.25, 0.3) is 33.6 Å². The summed E-state index contributed by atoms with van der Waals surface area (Å²) in [4.78, 5) is 68.3. The molecule has 306 valence electrons. The number of ether oxygens (including phenoxy) is 1. The van der Waals surface area contributed by atoms with Gasteiger partial charge in [0.1, 0.15) is 29.7 Å². The van der Waals surface area contributed by atoms with Crippen molar-refractivity contribution in [1.82, 2.24) is 15.1 Å². The Morgan fingerprint density at radius 1 is 0.724 bits per heavy atom. The van der Waals surface area contributed by atoms with E-state index in [9.17, 15) is 28.4 Å². The summed E-state index contributed by atoms with van der Waals surface area (Å²) in [7, 11) is 1.23. The van der Waals surface area contributed by atoms with Gasteiger partial charge in [0.2, 0.25) is 23.6 Å². The molecule has 0 saturated carbocycles. The van der Waals surface area contributed by atoms with Gasteiger partial charge in [0.15, 0.2) is 0 Å². The minimum atomic E-state index is -0.840. The first-order chi connectivity index (χ1) is 27.8. The van der Waals surface area contributed by atoms with Gasteiger partial charge in [-0.1, -0.05) is 52.0 Å². The molecule has 0 spiro atoms. The van der Waals surface area contributed by atoms with Gasteiger partial charge in [-0.15, -0.1) is 0 Å². The average molecular weight is 795 g/mol. The highest BCUT2D eigenvalue weighted by Crippen LogP contribution is 2.42. The molecule has 2 saturated heterocycles. The second-order valence-electron chi connectivity index (χ2n) is 15.5. The Labute approximate surface area is 337 Å². The normalized spacial score (nSPS) is 17.6. The number of benzene rings is 3. The maximum Gasteiger partial charge on any atom is 0.407 e. The topological polar surface area (TPSA) is 176 Å². The number of nitrogens with two attached hydrogens (primary N) is 1. The molecule has 6 rings (SSSR count). The number of nitrogens with zero attached hydrogens (tertiary/aromatic N) is 2. The third-order valence-corrected chi connectivity index (χ3v) is 10.9. The van der Waals surface area contributed by atoms with Gasteiger partial charge in [-0.25, -0.2) is 9.18 Å². The Bertz CT molecular complexity index is 2120. The fourth-order valence-electron chi connectivity index (χ4n) is 7.54. The summed E-state index contributed by atoms with van der Waals surface area (Å²) >= 11 is 0. The van der Waals surface area contributed by atoms with E-state index in [1.54, 1.807) is 47.6 Å². The molecular weight excluding hydrogens is 744 g/mol. The van der Waals surface area contributed by atoms with Gasteiger partial charge in [0.05, 0.1) is 19.4 Å². The van der Waals surface area contributed by atoms with Gasteiger partial charge in [-0.05, 0) is 97.2 Å². The number of alkyl carbamates (subject to hydrolysis) is 1. The maximum atomic E-state index is 14.1. The second kappa shape index (κ2) is 18.1. The number of likely N-dealkylation sites (tertiary alicyclic amines) is 2. The molecule has 5 N–H and O–H groups in total. The zero-order valence-electron chi connectivity index (χ0n) is 33.4. The summed E-state index contributed by atoms with van der Waals surface area (Å²) in [6.45, 7) is 8.27. The molecule has 4 aromatic rings. The largest absolute Gasteiger partial charge is 0.463 e. The molecule has 4 atom stereocenters. The Morgan fingerprint density at radius 3 is 1.72 bits per heavy atom.